The Bertz CT molecular complexity index is 1190. The van der Waals surface area contributed by atoms with Crippen LogP contribution in [0.1, 0.15) is 323 Å². The molecule has 0 radical (unpaired) electrons. The Hall–Kier alpha value is -2.18. The lowest BCUT2D eigenvalue weighted by molar-refractivity contribution is -0.151. The molecule has 0 aromatic heterocycles. The molecular formula is C64H119NO5. The number of carbonyl (C=O) groups excluding carboxylic acids is 2. The molecule has 0 aliphatic heterocycles. The maximum absolute atomic E-state index is 13.3. The number of hydrogen-bond donors (Lipinski definition) is 3. The van der Waals surface area contributed by atoms with Crippen LogP contribution in [0.3, 0.4) is 0 Å². The maximum Gasteiger partial charge on any atom is 0.306 e. The van der Waals surface area contributed by atoms with Crippen molar-refractivity contribution in [3.05, 3.63) is 48.6 Å². The van der Waals surface area contributed by atoms with E-state index in [1.54, 1.807) is 0 Å². The van der Waals surface area contributed by atoms with E-state index in [1.807, 2.05) is 0 Å². The third-order valence-electron chi connectivity index (χ3n) is 14.1. The van der Waals surface area contributed by atoms with Gasteiger partial charge in [-0.2, -0.15) is 0 Å². The zero-order chi connectivity index (χ0) is 50.9. The molecular weight excluding hydrogens is 863 g/mol. The molecule has 0 aliphatic rings. The number of amides is 1. The highest BCUT2D eigenvalue weighted by molar-refractivity contribution is 5.77. The summed E-state index contributed by atoms with van der Waals surface area (Å²) in [6.07, 6.45) is 71.7. The third kappa shape index (κ3) is 52.2. The summed E-state index contributed by atoms with van der Waals surface area (Å²) in [6.45, 7) is 6.47. The SMILES string of the molecule is CCCCC/C=C\C/C=C\CCCCCCCCCC(=O)OC(CCCCCCCCC/C=C\C/C=C\CCCCC)CC(=O)NC(CO)C(O)CCCCCCCCCCCCCCCCCCC. The number of aliphatic hydroxyl groups excluding tert-OH is 2. The summed E-state index contributed by atoms with van der Waals surface area (Å²) in [5.41, 5.74) is 0. The van der Waals surface area contributed by atoms with Crippen molar-refractivity contribution >= 4 is 11.9 Å². The molecule has 0 aromatic carbocycles. The molecule has 6 nitrogen and oxygen atoms in total. The first-order valence-corrected chi connectivity index (χ1v) is 30.9. The van der Waals surface area contributed by atoms with Gasteiger partial charge in [0.1, 0.15) is 6.10 Å². The molecule has 0 heterocycles. The van der Waals surface area contributed by atoms with Crippen molar-refractivity contribution in [2.45, 2.75) is 341 Å². The second-order valence-corrected chi connectivity index (χ2v) is 21.1. The highest BCUT2D eigenvalue weighted by Gasteiger charge is 2.24. The molecule has 70 heavy (non-hydrogen) atoms. The lowest BCUT2D eigenvalue weighted by Crippen LogP contribution is -2.46. The molecule has 0 saturated heterocycles. The van der Waals surface area contributed by atoms with Gasteiger partial charge in [-0.15, -0.1) is 0 Å². The van der Waals surface area contributed by atoms with Gasteiger partial charge in [0, 0.05) is 6.42 Å². The normalized spacial score (nSPS) is 13.4. The summed E-state index contributed by atoms with van der Waals surface area (Å²) in [5.74, 6) is -0.476. The Morgan fingerprint density at radius 2 is 0.729 bits per heavy atom. The van der Waals surface area contributed by atoms with Gasteiger partial charge in [-0.3, -0.25) is 9.59 Å². The van der Waals surface area contributed by atoms with Gasteiger partial charge in [0.25, 0.3) is 0 Å². The highest BCUT2D eigenvalue weighted by atomic mass is 16.5. The van der Waals surface area contributed by atoms with Crippen LogP contribution in [0.5, 0.6) is 0 Å². The van der Waals surface area contributed by atoms with Crippen molar-refractivity contribution in [1.82, 2.24) is 5.32 Å². The summed E-state index contributed by atoms with van der Waals surface area (Å²) >= 11 is 0. The predicted octanol–water partition coefficient (Wildman–Crippen LogP) is 19.4. The first kappa shape index (κ1) is 67.8. The molecule has 3 N–H and O–H groups in total. The number of esters is 1. The van der Waals surface area contributed by atoms with E-state index in [2.05, 4.69) is 74.7 Å². The summed E-state index contributed by atoms with van der Waals surface area (Å²) in [4.78, 5) is 26.4. The van der Waals surface area contributed by atoms with E-state index < -0.39 is 18.2 Å². The lowest BCUT2D eigenvalue weighted by Gasteiger charge is -2.24. The quantitative estimate of drug-likeness (QED) is 0.0321. The summed E-state index contributed by atoms with van der Waals surface area (Å²) < 4.78 is 5.98. The third-order valence-corrected chi connectivity index (χ3v) is 14.1. The molecule has 0 saturated carbocycles. The average Bonchev–Trinajstić information content (AvgIpc) is 3.35. The smallest absolute Gasteiger partial charge is 0.306 e. The van der Waals surface area contributed by atoms with Gasteiger partial charge in [0.2, 0.25) is 5.91 Å². The van der Waals surface area contributed by atoms with Crippen LogP contribution in [0.2, 0.25) is 0 Å². The van der Waals surface area contributed by atoms with Crippen LogP contribution in [0.25, 0.3) is 0 Å². The van der Waals surface area contributed by atoms with Crippen molar-refractivity contribution < 1.29 is 24.5 Å². The van der Waals surface area contributed by atoms with Crippen molar-refractivity contribution in [3.8, 4) is 0 Å². The molecule has 6 heteroatoms. The molecule has 0 rings (SSSR count). The first-order chi connectivity index (χ1) is 34.5. The van der Waals surface area contributed by atoms with E-state index in [0.29, 0.717) is 19.3 Å². The van der Waals surface area contributed by atoms with Crippen molar-refractivity contribution in [1.29, 1.82) is 0 Å². The van der Waals surface area contributed by atoms with Crippen LogP contribution in [-0.4, -0.2) is 46.9 Å². The van der Waals surface area contributed by atoms with E-state index in [4.69, 9.17) is 4.74 Å². The molecule has 0 spiro atoms. The fourth-order valence-electron chi connectivity index (χ4n) is 9.43. The molecule has 0 bridgehead atoms. The van der Waals surface area contributed by atoms with Crippen molar-refractivity contribution in [3.63, 3.8) is 0 Å². The van der Waals surface area contributed by atoms with Gasteiger partial charge in [-0.05, 0) is 89.9 Å². The van der Waals surface area contributed by atoms with Gasteiger partial charge in [-0.1, -0.05) is 268 Å². The Balaban J connectivity index is 4.55. The Kier molecular flexibility index (Phi) is 55.9. The maximum atomic E-state index is 13.3. The number of carbonyl (C=O) groups is 2. The molecule has 0 aliphatic carbocycles. The Morgan fingerprint density at radius 3 is 1.11 bits per heavy atom. The molecule has 3 unspecified atom stereocenters. The van der Waals surface area contributed by atoms with E-state index in [-0.39, 0.29) is 24.9 Å². The van der Waals surface area contributed by atoms with Crippen LogP contribution in [0.15, 0.2) is 48.6 Å². The van der Waals surface area contributed by atoms with E-state index >= 15 is 0 Å². The number of ether oxygens (including phenoxy) is 1. The molecule has 1 amide bonds. The number of nitrogens with one attached hydrogen (secondary N) is 1. The predicted molar refractivity (Wildman–Crippen MR) is 305 cm³/mol. The fourth-order valence-corrected chi connectivity index (χ4v) is 9.43. The van der Waals surface area contributed by atoms with Crippen molar-refractivity contribution in [2.75, 3.05) is 6.61 Å². The Morgan fingerprint density at radius 1 is 0.414 bits per heavy atom. The van der Waals surface area contributed by atoms with Gasteiger partial charge in [0.05, 0.1) is 25.2 Å². The van der Waals surface area contributed by atoms with Gasteiger partial charge in [-0.25, -0.2) is 0 Å². The topological polar surface area (TPSA) is 95.9 Å². The van der Waals surface area contributed by atoms with Gasteiger partial charge >= 0.3 is 5.97 Å². The number of rotatable bonds is 56. The van der Waals surface area contributed by atoms with Crippen LogP contribution < -0.4 is 5.32 Å². The minimum atomic E-state index is -0.793. The summed E-state index contributed by atoms with van der Waals surface area (Å²) in [5, 5.41) is 24.0. The standard InChI is InChI=1S/C64H119NO5/c1-4-7-10-13-16-19-22-25-28-31-34-37-40-43-46-49-52-55-60(70-64(69)57-54-51-48-45-42-39-36-33-30-27-24-21-18-15-12-9-6-3)58-63(68)65-61(59-66)62(67)56-53-50-47-44-41-38-35-32-29-26-23-20-17-14-11-8-5-2/h16,18-19,21,25,27-28,30,60-62,66-67H,4-15,17,20,22-24,26,29,31-59H2,1-3H3,(H,65,68)/b19-16-,21-18-,28-25-,30-27-. The summed E-state index contributed by atoms with van der Waals surface area (Å²) in [7, 11) is 0. The lowest BCUT2D eigenvalue weighted by atomic mass is 10.0. The average molecular weight is 983 g/mol. The monoisotopic (exact) mass is 982 g/mol. The van der Waals surface area contributed by atoms with E-state index in [0.717, 1.165) is 77.0 Å². The zero-order valence-electron chi connectivity index (χ0n) is 46.9. The first-order valence-electron chi connectivity index (χ1n) is 30.9. The van der Waals surface area contributed by atoms with Crippen LogP contribution >= 0.6 is 0 Å². The van der Waals surface area contributed by atoms with Gasteiger partial charge in [0.15, 0.2) is 0 Å². The highest BCUT2D eigenvalue weighted by Crippen LogP contribution is 2.19. The second kappa shape index (κ2) is 57.7. The molecule has 410 valence electrons. The molecule has 3 atom stereocenters. The van der Waals surface area contributed by atoms with Crippen LogP contribution in [-0.2, 0) is 14.3 Å². The number of aliphatic hydroxyl groups is 2. The minimum absolute atomic E-state index is 0.0706. The minimum Gasteiger partial charge on any atom is -0.462 e. The van der Waals surface area contributed by atoms with E-state index in [1.165, 1.54) is 199 Å². The molecule has 0 fully saturated rings. The second-order valence-electron chi connectivity index (χ2n) is 21.1. The van der Waals surface area contributed by atoms with Crippen molar-refractivity contribution in [2.24, 2.45) is 0 Å². The number of allylic oxidation sites excluding steroid dienone is 8. The number of unbranched alkanes of at least 4 members (excludes halogenated alkanes) is 36. The van der Waals surface area contributed by atoms with Crippen LogP contribution in [0.4, 0.5) is 0 Å². The van der Waals surface area contributed by atoms with E-state index in [9.17, 15) is 19.8 Å². The van der Waals surface area contributed by atoms with Gasteiger partial charge < -0.3 is 20.3 Å². The largest absolute Gasteiger partial charge is 0.462 e. The molecule has 0 aromatic rings. The van der Waals surface area contributed by atoms with Crippen LogP contribution in [0, 0.1) is 0 Å². The summed E-state index contributed by atoms with van der Waals surface area (Å²) in [6, 6.07) is -0.707. The Labute approximate surface area is 436 Å². The fraction of sp³-hybridized carbons (Fsp3) is 0.844. The zero-order valence-corrected chi connectivity index (χ0v) is 46.9. The number of hydrogen-bond acceptors (Lipinski definition) is 5.